The Morgan fingerprint density at radius 1 is 1.07 bits per heavy atom. The molecule has 0 atom stereocenters. The second-order valence-electron chi connectivity index (χ2n) is 7.31. The Hall–Kier alpha value is -2.54. The maximum absolute atomic E-state index is 12.9. The van der Waals surface area contributed by atoms with E-state index >= 15 is 0 Å². The van der Waals surface area contributed by atoms with Gasteiger partial charge in [0.05, 0.1) is 31.7 Å². The fraction of sp³-hybridized carbons (Fsp3) is 0.381. The number of hydrogen-bond acceptors (Lipinski definition) is 2. The SMILES string of the molecule is Cc1ccc(NC(=O)C[NH+]2CCN(c3cccc(C(F)(F)F)c3)CC2)cc1C. The molecule has 0 bridgehead atoms. The molecule has 150 valence electrons. The molecule has 1 fully saturated rings. The first-order valence-electron chi connectivity index (χ1n) is 9.35. The number of halogens is 3. The van der Waals surface area contributed by atoms with E-state index in [1.165, 1.54) is 17.7 Å². The summed E-state index contributed by atoms with van der Waals surface area (Å²) in [6.45, 7) is 7.02. The monoisotopic (exact) mass is 392 g/mol. The molecule has 2 aromatic carbocycles. The zero-order valence-electron chi connectivity index (χ0n) is 16.1. The van der Waals surface area contributed by atoms with Crippen LogP contribution in [0, 0.1) is 13.8 Å². The third kappa shape index (κ3) is 5.04. The molecular formula is C21H25F3N3O+. The molecule has 0 aliphatic carbocycles. The van der Waals surface area contributed by atoms with Crippen LogP contribution in [0.25, 0.3) is 0 Å². The number of rotatable bonds is 4. The second-order valence-corrected chi connectivity index (χ2v) is 7.31. The van der Waals surface area contributed by atoms with Gasteiger partial charge in [0.2, 0.25) is 0 Å². The lowest BCUT2D eigenvalue weighted by Crippen LogP contribution is -3.15. The highest BCUT2D eigenvalue weighted by molar-refractivity contribution is 5.91. The van der Waals surface area contributed by atoms with E-state index in [-0.39, 0.29) is 5.91 Å². The number of alkyl halides is 3. The van der Waals surface area contributed by atoms with Gasteiger partial charge in [-0.3, -0.25) is 4.79 Å². The number of hydrogen-bond donors (Lipinski definition) is 2. The number of carbonyl (C=O) groups is 1. The number of quaternary nitrogens is 1. The number of carbonyl (C=O) groups excluding carboxylic acids is 1. The zero-order chi connectivity index (χ0) is 20.3. The molecule has 1 heterocycles. The van der Waals surface area contributed by atoms with Crippen LogP contribution in [0.2, 0.25) is 0 Å². The standard InChI is InChI=1S/C21H24F3N3O/c1-15-6-7-18(12-16(15)2)25-20(28)14-26-8-10-27(11-9-26)19-5-3-4-17(13-19)21(22,23)24/h3-7,12-13H,8-11,14H2,1-2H3,(H,25,28)/p+1. The number of benzene rings is 2. The lowest BCUT2D eigenvalue weighted by Gasteiger charge is -2.33. The highest BCUT2D eigenvalue weighted by Crippen LogP contribution is 2.31. The van der Waals surface area contributed by atoms with E-state index in [4.69, 9.17) is 0 Å². The van der Waals surface area contributed by atoms with Gasteiger partial charge in [-0.15, -0.1) is 0 Å². The van der Waals surface area contributed by atoms with E-state index in [0.717, 1.165) is 22.2 Å². The molecule has 1 amide bonds. The van der Waals surface area contributed by atoms with Crippen LogP contribution in [-0.4, -0.2) is 38.6 Å². The Balaban J connectivity index is 1.52. The van der Waals surface area contributed by atoms with Crippen molar-refractivity contribution in [3.05, 3.63) is 59.2 Å². The van der Waals surface area contributed by atoms with Crippen molar-refractivity contribution >= 4 is 17.3 Å². The van der Waals surface area contributed by atoms with E-state index in [2.05, 4.69) is 5.32 Å². The zero-order valence-corrected chi connectivity index (χ0v) is 16.1. The predicted molar refractivity (Wildman–Crippen MR) is 104 cm³/mol. The van der Waals surface area contributed by atoms with Gasteiger partial charge >= 0.3 is 6.18 Å². The Bertz CT molecular complexity index is 843. The molecule has 4 nitrogen and oxygen atoms in total. The summed E-state index contributed by atoms with van der Waals surface area (Å²) in [7, 11) is 0. The summed E-state index contributed by atoms with van der Waals surface area (Å²) in [5, 5.41) is 2.93. The number of aryl methyl sites for hydroxylation is 2. The molecule has 1 saturated heterocycles. The predicted octanol–water partition coefficient (Wildman–Crippen LogP) is 2.67. The molecule has 28 heavy (non-hydrogen) atoms. The van der Waals surface area contributed by atoms with Gasteiger partial charge in [0, 0.05) is 11.4 Å². The van der Waals surface area contributed by atoms with Gasteiger partial charge in [0.15, 0.2) is 6.54 Å². The first-order valence-corrected chi connectivity index (χ1v) is 9.35. The van der Waals surface area contributed by atoms with E-state index in [1.807, 2.05) is 36.9 Å². The average molecular weight is 392 g/mol. The normalized spacial score (nSPS) is 15.5. The third-order valence-corrected chi connectivity index (χ3v) is 5.21. The Kier molecular flexibility index (Phi) is 5.93. The van der Waals surface area contributed by atoms with E-state index in [1.54, 1.807) is 6.07 Å². The van der Waals surface area contributed by atoms with Gasteiger partial charge in [-0.25, -0.2) is 0 Å². The average Bonchev–Trinajstić information content (AvgIpc) is 2.65. The summed E-state index contributed by atoms with van der Waals surface area (Å²) in [5.41, 5.74) is 3.03. The van der Waals surface area contributed by atoms with Crippen molar-refractivity contribution in [3.8, 4) is 0 Å². The van der Waals surface area contributed by atoms with E-state index in [9.17, 15) is 18.0 Å². The van der Waals surface area contributed by atoms with Crippen LogP contribution in [0.4, 0.5) is 24.5 Å². The first-order chi connectivity index (χ1) is 13.2. The van der Waals surface area contributed by atoms with Crippen LogP contribution in [0.15, 0.2) is 42.5 Å². The fourth-order valence-electron chi connectivity index (χ4n) is 3.39. The Labute approximate surface area is 162 Å². The van der Waals surface area contributed by atoms with Gasteiger partial charge in [-0.1, -0.05) is 12.1 Å². The lowest BCUT2D eigenvalue weighted by molar-refractivity contribution is -0.892. The van der Waals surface area contributed by atoms with Crippen molar-refractivity contribution < 1.29 is 22.9 Å². The number of anilines is 2. The molecule has 0 aromatic heterocycles. The van der Waals surface area contributed by atoms with Crippen LogP contribution in [-0.2, 0) is 11.0 Å². The van der Waals surface area contributed by atoms with Crippen molar-refractivity contribution in [2.75, 3.05) is 42.9 Å². The minimum absolute atomic E-state index is 0.0502. The van der Waals surface area contributed by atoms with Crippen LogP contribution >= 0.6 is 0 Å². The molecule has 1 aliphatic heterocycles. The van der Waals surface area contributed by atoms with Crippen LogP contribution in [0.1, 0.15) is 16.7 Å². The largest absolute Gasteiger partial charge is 0.416 e. The van der Waals surface area contributed by atoms with E-state index < -0.39 is 11.7 Å². The minimum Gasteiger partial charge on any atom is -0.360 e. The molecule has 3 rings (SSSR count). The highest BCUT2D eigenvalue weighted by Gasteiger charge is 2.31. The molecule has 1 aliphatic rings. The lowest BCUT2D eigenvalue weighted by atomic mass is 10.1. The fourth-order valence-corrected chi connectivity index (χ4v) is 3.39. The van der Waals surface area contributed by atoms with Gasteiger partial charge in [0.25, 0.3) is 5.91 Å². The van der Waals surface area contributed by atoms with Crippen LogP contribution < -0.4 is 15.1 Å². The first kappa shape index (κ1) is 20.2. The van der Waals surface area contributed by atoms with Gasteiger partial charge < -0.3 is 15.1 Å². The topological polar surface area (TPSA) is 36.8 Å². The Morgan fingerprint density at radius 3 is 2.43 bits per heavy atom. The maximum atomic E-state index is 12.9. The summed E-state index contributed by atoms with van der Waals surface area (Å²) >= 11 is 0. The number of piperazine rings is 1. The van der Waals surface area contributed by atoms with Gasteiger partial charge in [-0.2, -0.15) is 13.2 Å². The van der Waals surface area contributed by atoms with Gasteiger partial charge in [0.1, 0.15) is 0 Å². The summed E-state index contributed by atoms with van der Waals surface area (Å²) in [6, 6.07) is 11.2. The number of nitrogens with zero attached hydrogens (tertiary/aromatic N) is 1. The molecule has 7 heteroatoms. The van der Waals surface area contributed by atoms with Gasteiger partial charge in [-0.05, 0) is 55.3 Å². The molecule has 2 N–H and O–H groups in total. The van der Waals surface area contributed by atoms with Crippen molar-refractivity contribution in [2.45, 2.75) is 20.0 Å². The van der Waals surface area contributed by atoms with Crippen molar-refractivity contribution in [1.29, 1.82) is 0 Å². The summed E-state index contributed by atoms with van der Waals surface area (Å²) < 4.78 is 38.7. The summed E-state index contributed by atoms with van der Waals surface area (Å²) in [5.74, 6) is -0.0502. The number of nitrogens with one attached hydrogen (secondary N) is 2. The second kappa shape index (κ2) is 8.22. The maximum Gasteiger partial charge on any atom is 0.416 e. The minimum atomic E-state index is -4.34. The summed E-state index contributed by atoms with van der Waals surface area (Å²) in [6.07, 6.45) is -4.34. The van der Waals surface area contributed by atoms with E-state index in [0.29, 0.717) is 38.4 Å². The number of amides is 1. The quantitative estimate of drug-likeness (QED) is 0.840. The van der Waals surface area contributed by atoms with Crippen molar-refractivity contribution in [1.82, 2.24) is 0 Å². The summed E-state index contributed by atoms with van der Waals surface area (Å²) in [4.78, 5) is 15.4. The molecule has 0 unspecified atom stereocenters. The molecule has 0 spiro atoms. The molecule has 2 aromatic rings. The van der Waals surface area contributed by atoms with Crippen LogP contribution in [0.3, 0.4) is 0 Å². The van der Waals surface area contributed by atoms with Crippen LogP contribution in [0.5, 0.6) is 0 Å². The molecular weight excluding hydrogens is 367 g/mol. The smallest absolute Gasteiger partial charge is 0.360 e. The Morgan fingerprint density at radius 2 is 1.79 bits per heavy atom. The third-order valence-electron chi connectivity index (χ3n) is 5.21. The molecule has 0 radical (unpaired) electrons. The highest BCUT2D eigenvalue weighted by atomic mass is 19.4. The molecule has 0 saturated carbocycles. The van der Waals surface area contributed by atoms with Crippen molar-refractivity contribution in [2.24, 2.45) is 0 Å². The van der Waals surface area contributed by atoms with Crippen molar-refractivity contribution in [3.63, 3.8) is 0 Å².